The fraction of sp³-hybridized carbons (Fsp3) is 0.222. The third-order valence-electron chi connectivity index (χ3n) is 1.48. The molecule has 84 valence electrons. The maximum Gasteiger partial charge on any atom is 0.306 e. The Bertz CT molecular complexity index is 326. The number of nitrogens with two attached hydrogens (primary N) is 1. The minimum atomic E-state index is -0.882. The largest absolute Gasteiger partial charge is 0.493 e. The normalized spacial score (nSPS) is 9.13. The van der Waals surface area contributed by atoms with Gasteiger partial charge in [-0.05, 0) is 12.1 Å². The molecule has 4 nitrogen and oxygen atoms in total. The summed E-state index contributed by atoms with van der Waals surface area (Å²) in [6.07, 6.45) is -0.0214. The highest BCUT2D eigenvalue weighted by Crippen LogP contribution is 2.22. The number of nitrogen functional groups attached to an aromatic ring is 1. The fourth-order valence-electron chi connectivity index (χ4n) is 0.924. The first-order valence-corrected chi connectivity index (χ1v) is 4.78. The Hall–Kier alpha value is -0.940. The second-order valence-electron chi connectivity index (χ2n) is 2.71. The number of carbonyl (C=O) groups is 1. The lowest BCUT2D eigenvalue weighted by atomic mass is 10.3. The summed E-state index contributed by atoms with van der Waals surface area (Å²) in [4.78, 5) is 10.2. The molecule has 0 unspecified atom stereocenters. The predicted octanol–water partition coefficient (Wildman–Crippen LogP) is 2.31. The van der Waals surface area contributed by atoms with E-state index in [1.165, 1.54) is 0 Å². The maximum absolute atomic E-state index is 10.2. The van der Waals surface area contributed by atoms with Crippen LogP contribution in [0.3, 0.4) is 0 Å². The Morgan fingerprint density at radius 1 is 1.47 bits per heavy atom. The van der Waals surface area contributed by atoms with Gasteiger partial charge in [0.25, 0.3) is 0 Å². The van der Waals surface area contributed by atoms with Crippen molar-refractivity contribution in [3.05, 3.63) is 22.7 Å². The Labute approximate surface area is 102 Å². The lowest BCUT2D eigenvalue weighted by Gasteiger charge is -2.05. The number of aliphatic carboxylic acids is 1. The van der Waals surface area contributed by atoms with Crippen LogP contribution in [0.4, 0.5) is 5.69 Å². The summed E-state index contributed by atoms with van der Waals surface area (Å²) in [5.74, 6) is -0.314. The van der Waals surface area contributed by atoms with Crippen LogP contribution in [0.15, 0.2) is 22.7 Å². The molecule has 0 saturated heterocycles. The standard InChI is InChI=1S/C9H10BrNO3.ClH/c10-6-3-7(11)5-8(4-6)14-2-1-9(12)13;/h3-5H,1-2,11H2,(H,12,13);1H. The van der Waals surface area contributed by atoms with E-state index >= 15 is 0 Å². The average Bonchev–Trinajstić information content (AvgIpc) is 2.01. The highest BCUT2D eigenvalue weighted by Gasteiger charge is 2.00. The molecular weight excluding hydrogens is 285 g/mol. The summed E-state index contributed by atoms with van der Waals surface area (Å²) in [6.45, 7) is 0.144. The molecule has 0 atom stereocenters. The molecule has 0 amide bonds. The summed E-state index contributed by atoms with van der Waals surface area (Å²) >= 11 is 3.26. The first kappa shape index (κ1) is 14.1. The summed E-state index contributed by atoms with van der Waals surface area (Å²) in [6, 6.07) is 5.12. The molecule has 0 aromatic heterocycles. The van der Waals surface area contributed by atoms with Gasteiger partial charge in [-0.3, -0.25) is 4.79 Å². The maximum atomic E-state index is 10.2. The smallest absolute Gasteiger partial charge is 0.306 e. The number of rotatable bonds is 4. The number of anilines is 1. The van der Waals surface area contributed by atoms with Crippen LogP contribution in [-0.4, -0.2) is 17.7 Å². The Morgan fingerprint density at radius 2 is 2.13 bits per heavy atom. The quantitative estimate of drug-likeness (QED) is 0.836. The van der Waals surface area contributed by atoms with Crippen LogP contribution in [0.25, 0.3) is 0 Å². The molecule has 1 aromatic carbocycles. The Kier molecular flexibility index (Phi) is 6.12. The van der Waals surface area contributed by atoms with Gasteiger partial charge >= 0.3 is 5.97 Å². The first-order valence-electron chi connectivity index (χ1n) is 3.98. The van der Waals surface area contributed by atoms with Crippen molar-refractivity contribution in [1.82, 2.24) is 0 Å². The molecular formula is C9H11BrClNO3. The van der Waals surface area contributed by atoms with E-state index in [4.69, 9.17) is 15.6 Å². The van der Waals surface area contributed by atoms with Crippen LogP contribution in [0.1, 0.15) is 6.42 Å². The molecule has 0 aliphatic rings. The van der Waals surface area contributed by atoms with E-state index in [1.54, 1.807) is 18.2 Å². The molecule has 1 aromatic rings. The van der Waals surface area contributed by atoms with Crippen molar-refractivity contribution in [2.24, 2.45) is 0 Å². The lowest BCUT2D eigenvalue weighted by Crippen LogP contribution is -2.04. The SMILES string of the molecule is Cl.Nc1cc(Br)cc(OCCC(=O)O)c1. The zero-order valence-electron chi connectivity index (χ0n) is 7.77. The molecule has 0 spiro atoms. The van der Waals surface area contributed by atoms with Crippen LogP contribution < -0.4 is 10.5 Å². The van der Waals surface area contributed by atoms with Gasteiger partial charge in [-0.15, -0.1) is 12.4 Å². The molecule has 6 heteroatoms. The van der Waals surface area contributed by atoms with Gasteiger partial charge in [0.05, 0.1) is 13.0 Å². The molecule has 3 N–H and O–H groups in total. The first-order chi connectivity index (χ1) is 6.58. The number of hydrogen-bond acceptors (Lipinski definition) is 3. The number of hydrogen-bond donors (Lipinski definition) is 2. The van der Waals surface area contributed by atoms with Crippen molar-refractivity contribution in [3.8, 4) is 5.75 Å². The molecule has 0 aliphatic carbocycles. The number of carboxylic acids is 1. The summed E-state index contributed by atoms with van der Waals surface area (Å²) in [5, 5.41) is 8.39. The van der Waals surface area contributed by atoms with Crippen molar-refractivity contribution in [2.75, 3.05) is 12.3 Å². The Balaban J connectivity index is 0.00000196. The van der Waals surface area contributed by atoms with Crippen LogP contribution >= 0.6 is 28.3 Å². The summed E-state index contributed by atoms with van der Waals surface area (Å²) in [7, 11) is 0. The van der Waals surface area contributed by atoms with Crippen molar-refractivity contribution in [1.29, 1.82) is 0 Å². The van der Waals surface area contributed by atoms with Gasteiger partial charge in [-0.1, -0.05) is 15.9 Å². The molecule has 0 bridgehead atoms. The van der Waals surface area contributed by atoms with E-state index in [1.807, 2.05) is 0 Å². The number of benzene rings is 1. The molecule has 0 fully saturated rings. The molecule has 1 rings (SSSR count). The average molecular weight is 297 g/mol. The number of ether oxygens (including phenoxy) is 1. The van der Waals surface area contributed by atoms with E-state index in [-0.39, 0.29) is 25.4 Å². The molecule has 0 aliphatic heterocycles. The van der Waals surface area contributed by atoms with Crippen molar-refractivity contribution >= 4 is 40.0 Å². The fourth-order valence-corrected chi connectivity index (χ4v) is 1.41. The minimum Gasteiger partial charge on any atom is -0.493 e. The topological polar surface area (TPSA) is 72.5 Å². The third-order valence-corrected chi connectivity index (χ3v) is 1.94. The van der Waals surface area contributed by atoms with Crippen LogP contribution in [0.5, 0.6) is 5.75 Å². The van der Waals surface area contributed by atoms with Crippen molar-refractivity contribution < 1.29 is 14.6 Å². The van der Waals surface area contributed by atoms with Crippen molar-refractivity contribution in [2.45, 2.75) is 6.42 Å². The van der Waals surface area contributed by atoms with E-state index in [9.17, 15) is 4.79 Å². The highest BCUT2D eigenvalue weighted by atomic mass is 79.9. The Morgan fingerprint density at radius 3 is 2.67 bits per heavy atom. The van der Waals surface area contributed by atoms with Gasteiger partial charge < -0.3 is 15.6 Å². The van der Waals surface area contributed by atoms with Crippen LogP contribution in [0, 0.1) is 0 Å². The highest BCUT2D eigenvalue weighted by molar-refractivity contribution is 9.10. The lowest BCUT2D eigenvalue weighted by molar-refractivity contribution is -0.137. The molecule has 15 heavy (non-hydrogen) atoms. The van der Waals surface area contributed by atoms with Crippen molar-refractivity contribution in [3.63, 3.8) is 0 Å². The molecule has 0 heterocycles. The van der Waals surface area contributed by atoms with Gasteiger partial charge in [0.15, 0.2) is 0 Å². The van der Waals surface area contributed by atoms with E-state index in [2.05, 4.69) is 15.9 Å². The van der Waals surface area contributed by atoms with E-state index < -0.39 is 5.97 Å². The van der Waals surface area contributed by atoms with Gasteiger partial charge in [-0.25, -0.2) is 0 Å². The zero-order valence-corrected chi connectivity index (χ0v) is 10.2. The number of halogens is 2. The molecule has 0 radical (unpaired) electrons. The zero-order chi connectivity index (χ0) is 10.6. The second kappa shape index (κ2) is 6.53. The van der Waals surface area contributed by atoms with Gasteiger partial charge in [0, 0.05) is 16.2 Å². The summed E-state index contributed by atoms with van der Waals surface area (Å²) < 4.78 is 6.00. The van der Waals surface area contributed by atoms with E-state index in [0.717, 1.165) is 4.47 Å². The van der Waals surface area contributed by atoms with E-state index in [0.29, 0.717) is 11.4 Å². The number of carboxylic acid groups (broad SMARTS) is 1. The predicted molar refractivity (Wildman–Crippen MR) is 63.6 cm³/mol. The molecule has 0 saturated carbocycles. The van der Waals surface area contributed by atoms with Crippen LogP contribution in [0.2, 0.25) is 0 Å². The van der Waals surface area contributed by atoms with Gasteiger partial charge in [0.2, 0.25) is 0 Å². The van der Waals surface area contributed by atoms with Gasteiger partial charge in [-0.2, -0.15) is 0 Å². The minimum absolute atomic E-state index is 0. The van der Waals surface area contributed by atoms with Crippen LogP contribution in [-0.2, 0) is 4.79 Å². The van der Waals surface area contributed by atoms with Gasteiger partial charge in [0.1, 0.15) is 5.75 Å². The summed E-state index contributed by atoms with van der Waals surface area (Å²) in [5.41, 5.74) is 6.14. The third kappa shape index (κ3) is 5.49. The second-order valence-corrected chi connectivity index (χ2v) is 3.63. The monoisotopic (exact) mass is 295 g/mol.